The van der Waals surface area contributed by atoms with E-state index in [0.29, 0.717) is 6.04 Å². The summed E-state index contributed by atoms with van der Waals surface area (Å²) in [5.41, 5.74) is 8.73. The molecule has 3 N–H and O–H groups in total. The molecular weight excluding hydrogens is 224 g/mol. The maximum Gasteiger partial charge on any atom is 0.0558 e. The summed E-state index contributed by atoms with van der Waals surface area (Å²) in [6.07, 6.45) is 0.920. The minimum Gasteiger partial charge on any atom is -0.395 e. The first-order chi connectivity index (χ1) is 8.56. The van der Waals surface area contributed by atoms with E-state index in [1.165, 1.54) is 11.1 Å². The largest absolute Gasteiger partial charge is 0.395 e. The van der Waals surface area contributed by atoms with Crippen LogP contribution < -0.4 is 5.73 Å². The molecule has 0 aliphatic rings. The van der Waals surface area contributed by atoms with Crippen molar-refractivity contribution < 1.29 is 5.11 Å². The van der Waals surface area contributed by atoms with Crippen LogP contribution in [-0.2, 0) is 0 Å². The molecule has 18 heavy (non-hydrogen) atoms. The van der Waals surface area contributed by atoms with E-state index in [1.807, 2.05) is 12.1 Å². The lowest BCUT2D eigenvalue weighted by Crippen LogP contribution is -2.35. The summed E-state index contributed by atoms with van der Waals surface area (Å²) in [7, 11) is 0. The average molecular weight is 250 g/mol. The maximum atomic E-state index is 9.04. The fourth-order valence-corrected chi connectivity index (χ4v) is 2.22. The fraction of sp³-hybridized carbons (Fsp3) is 0.600. The monoisotopic (exact) mass is 250 g/mol. The molecule has 0 amide bonds. The van der Waals surface area contributed by atoms with Crippen LogP contribution in [0.25, 0.3) is 0 Å². The number of nitrogens with zero attached hydrogens (tertiary/aromatic N) is 1. The third kappa shape index (κ3) is 4.41. The van der Waals surface area contributed by atoms with Crippen LogP contribution in [0.5, 0.6) is 0 Å². The molecule has 1 rings (SSSR count). The van der Waals surface area contributed by atoms with Crippen LogP contribution in [0.3, 0.4) is 0 Å². The predicted octanol–water partition coefficient (Wildman–Crippen LogP) is 2.09. The van der Waals surface area contributed by atoms with Crippen LogP contribution in [0.15, 0.2) is 24.3 Å². The van der Waals surface area contributed by atoms with Crippen molar-refractivity contribution in [2.45, 2.75) is 39.3 Å². The highest BCUT2D eigenvalue weighted by Gasteiger charge is 2.13. The van der Waals surface area contributed by atoms with Gasteiger partial charge < -0.3 is 10.8 Å². The van der Waals surface area contributed by atoms with Crippen LogP contribution >= 0.6 is 0 Å². The molecule has 0 radical (unpaired) electrons. The van der Waals surface area contributed by atoms with E-state index in [9.17, 15) is 0 Å². The van der Waals surface area contributed by atoms with Crippen molar-refractivity contribution >= 4 is 0 Å². The number of benzene rings is 1. The Bertz CT molecular complexity index is 352. The van der Waals surface area contributed by atoms with Crippen LogP contribution in [0.1, 0.15) is 37.4 Å². The summed E-state index contributed by atoms with van der Waals surface area (Å²) in [5, 5.41) is 9.04. The zero-order chi connectivity index (χ0) is 13.5. The quantitative estimate of drug-likeness (QED) is 0.779. The predicted molar refractivity (Wildman–Crippen MR) is 76.5 cm³/mol. The molecule has 1 aromatic rings. The van der Waals surface area contributed by atoms with E-state index in [2.05, 4.69) is 37.8 Å². The van der Waals surface area contributed by atoms with Crippen molar-refractivity contribution in [2.75, 3.05) is 19.7 Å². The van der Waals surface area contributed by atoms with Crippen molar-refractivity contribution in [3.8, 4) is 0 Å². The molecule has 0 aliphatic carbocycles. The summed E-state index contributed by atoms with van der Waals surface area (Å²) in [5.74, 6) is 0. The molecule has 0 aromatic heterocycles. The van der Waals surface area contributed by atoms with Crippen LogP contribution in [0.4, 0.5) is 0 Å². The third-order valence-electron chi connectivity index (χ3n) is 3.43. The lowest BCUT2D eigenvalue weighted by Gasteiger charge is -2.27. The van der Waals surface area contributed by atoms with Gasteiger partial charge in [0.15, 0.2) is 0 Å². The fourth-order valence-electron chi connectivity index (χ4n) is 2.22. The highest BCUT2D eigenvalue weighted by molar-refractivity contribution is 5.28. The van der Waals surface area contributed by atoms with Crippen LogP contribution in [0.2, 0.25) is 0 Å². The lowest BCUT2D eigenvalue weighted by atomic mass is 9.99. The molecule has 0 fully saturated rings. The number of aliphatic hydroxyl groups excluding tert-OH is 1. The van der Waals surface area contributed by atoms with Crippen molar-refractivity contribution in [1.29, 1.82) is 0 Å². The van der Waals surface area contributed by atoms with Gasteiger partial charge in [-0.25, -0.2) is 0 Å². The minimum atomic E-state index is 0.0751. The van der Waals surface area contributed by atoms with Crippen molar-refractivity contribution in [1.82, 2.24) is 4.90 Å². The molecule has 3 heteroatoms. The maximum absolute atomic E-state index is 9.04. The molecule has 0 heterocycles. The Morgan fingerprint density at radius 2 is 1.89 bits per heavy atom. The number of aliphatic hydroxyl groups is 1. The summed E-state index contributed by atoms with van der Waals surface area (Å²) >= 11 is 0. The van der Waals surface area contributed by atoms with Gasteiger partial charge in [-0.3, -0.25) is 4.90 Å². The van der Waals surface area contributed by atoms with Gasteiger partial charge in [-0.05, 0) is 38.3 Å². The second-order valence-electron chi connectivity index (χ2n) is 5.11. The minimum absolute atomic E-state index is 0.0751. The van der Waals surface area contributed by atoms with Gasteiger partial charge in [0.25, 0.3) is 0 Å². The molecule has 0 saturated carbocycles. The highest BCUT2D eigenvalue weighted by atomic mass is 16.3. The molecule has 0 saturated heterocycles. The summed E-state index contributed by atoms with van der Waals surface area (Å²) in [6, 6.07) is 8.80. The molecule has 1 atom stereocenters. The smallest absolute Gasteiger partial charge is 0.0558 e. The molecular formula is C15H26N2O. The highest BCUT2D eigenvalue weighted by Crippen LogP contribution is 2.18. The first-order valence-corrected chi connectivity index (χ1v) is 6.72. The Labute approximate surface area is 111 Å². The Morgan fingerprint density at radius 3 is 2.44 bits per heavy atom. The topological polar surface area (TPSA) is 49.5 Å². The average Bonchev–Trinajstić information content (AvgIpc) is 2.34. The Kier molecular flexibility index (Phi) is 6.33. The number of nitrogens with two attached hydrogens (primary N) is 1. The van der Waals surface area contributed by atoms with E-state index >= 15 is 0 Å². The molecule has 0 bridgehead atoms. The summed E-state index contributed by atoms with van der Waals surface area (Å²) in [6.45, 7) is 8.25. The van der Waals surface area contributed by atoms with Gasteiger partial charge in [0.2, 0.25) is 0 Å². The molecule has 102 valence electrons. The molecule has 0 aliphatic heterocycles. The Morgan fingerprint density at radius 1 is 1.22 bits per heavy atom. The number of hydrogen-bond acceptors (Lipinski definition) is 3. The Hall–Kier alpha value is -0.900. The lowest BCUT2D eigenvalue weighted by molar-refractivity contribution is 0.161. The van der Waals surface area contributed by atoms with E-state index < -0.39 is 0 Å². The van der Waals surface area contributed by atoms with Gasteiger partial charge >= 0.3 is 0 Å². The van der Waals surface area contributed by atoms with Gasteiger partial charge in [-0.1, -0.05) is 24.3 Å². The van der Waals surface area contributed by atoms with Gasteiger partial charge in [0.1, 0.15) is 0 Å². The van der Waals surface area contributed by atoms with E-state index in [0.717, 1.165) is 19.5 Å². The first kappa shape index (κ1) is 15.2. The molecule has 0 spiro atoms. The second kappa shape index (κ2) is 7.52. The number of hydrogen-bond donors (Lipinski definition) is 2. The van der Waals surface area contributed by atoms with Gasteiger partial charge in [-0.2, -0.15) is 0 Å². The van der Waals surface area contributed by atoms with Gasteiger partial charge in [0.05, 0.1) is 6.61 Å². The zero-order valence-electron chi connectivity index (χ0n) is 11.8. The van der Waals surface area contributed by atoms with E-state index in [-0.39, 0.29) is 12.6 Å². The number of rotatable bonds is 7. The number of aryl methyl sites for hydroxylation is 1. The van der Waals surface area contributed by atoms with Crippen molar-refractivity contribution in [3.05, 3.63) is 35.4 Å². The normalized spacial score (nSPS) is 13.3. The summed E-state index contributed by atoms with van der Waals surface area (Å²) < 4.78 is 0. The van der Waals surface area contributed by atoms with E-state index in [1.54, 1.807) is 0 Å². The van der Waals surface area contributed by atoms with Gasteiger partial charge in [0, 0.05) is 25.2 Å². The molecule has 3 nitrogen and oxygen atoms in total. The van der Waals surface area contributed by atoms with Crippen molar-refractivity contribution in [3.63, 3.8) is 0 Å². The standard InChI is InChI=1S/C15H26N2O/c1-12(2)17(10-11-18)9-8-15(16)14-7-5-4-6-13(14)3/h4-7,12,15,18H,8-11,16H2,1-3H3. The van der Waals surface area contributed by atoms with Crippen LogP contribution in [0, 0.1) is 6.92 Å². The Balaban J connectivity index is 2.54. The molecule has 1 unspecified atom stereocenters. The SMILES string of the molecule is Cc1ccccc1C(N)CCN(CCO)C(C)C. The first-order valence-electron chi connectivity index (χ1n) is 6.72. The van der Waals surface area contributed by atoms with Crippen molar-refractivity contribution in [2.24, 2.45) is 5.73 Å². The molecule has 1 aromatic carbocycles. The second-order valence-corrected chi connectivity index (χ2v) is 5.11. The van der Waals surface area contributed by atoms with Crippen LogP contribution in [-0.4, -0.2) is 35.7 Å². The van der Waals surface area contributed by atoms with Gasteiger partial charge in [-0.15, -0.1) is 0 Å². The van der Waals surface area contributed by atoms with E-state index in [4.69, 9.17) is 10.8 Å². The summed E-state index contributed by atoms with van der Waals surface area (Å²) in [4.78, 5) is 2.26. The third-order valence-corrected chi connectivity index (χ3v) is 3.43. The zero-order valence-corrected chi connectivity index (χ0v) is 11.8.